The molecule has 25 heavy (non-hydrogen) atoms. The van der Waals surface area contributed by atoms with Crippen molar-refractivity contribution in [3.8, 4) is 0 Å². The van der Waals surface area contributed by atoms with Gasteiger partial charge in [0.15, 0.2) is 0 Å². The van der Waals surface area contributed by atoms with Gasteiger partial charge in [-0.3, -0.25) is 4.98 Å². The van der Waals surface area contributed by atoms with E-state index in [-0.39, 0.29) is 0 Å². The van der Waals surface area contributed by atoms with Gasteiger partial charge in [0.05, 0.1) is 10.2 Å². The quantitative estimate of drug-likeness (QED) is 0.275. The summed E-state index contributed by atoms with van der Waals surface area (Å²) in [6.45, 7) is 0. The van der Waals surface area contributed by atoms with Crippen molar-refractivity contribution in [3.05, 3.63) is 79.0 Å². The van der Waals surface area contributed by atoms with E-state index in [1.165, 1.54) is 47.1 Å². The highest BCUT2D eigenvalue weighted by Gasteiger charge is 2.12. The molecule has 0 amide bonds. The fraction of sp³-hybridized carbons (Fsp3) is 0. The van der Waals surface area contributed by atoms with Crippen molar-refractivity contribution in [2.24, 2.45) is 0 Å². The number of hydrogen-bond acceptors (Lipinski definition) is 2. The average Bonchev–Trinajstić information content (AvgIpc) is 3.06. The Balaban J connectivity index is 1.87. The molecule has 2 heteroatoms. The van der Waals surface area contributed by atoms with E-state index < -0.39 is 0 Å². The van der Waals surface area contributed by atoms with E-state index in [4.69, 9.17) is 4.98 Å². The first-order valence-electron chi connectivity index (χ1n) is 8.40. The molecule has 116 valence electrons. The highest BCUT2D eigenvalue weighted by molar-refractivity contribution is 7.26. The van der Waals surface area contributed by atoms with Gasteiger partial charge in [0.1, 0.15) is 0 Å². The maximum Gasteiger partial charge on any atom is 0.0787 e. The van der Waals surface area contributed by atoms with Gasteiger partial charge in [-0.15, -0.1) is 11.3 Å². The number of fused-ring (bicyclic) bond motifs is 9. The number of benzene rings is 4. The van der Waals surface area contributed by atoms with Gasteiger partial charge in [-0.25, -0.2) is 0 Å². The first kappa shape index (κ1) is 13.3. The molecule has 0 fully saturated rings. The molecule has 0 aliphatic rings. The monoisotopic (exact) mass is 335 g/mol. The van der Waals surface area contributed by atoms with Crippen LogP contribution < -0.4 is 0 Å². The minimum Gasteiger partial charge on any atom is -0.254 e. The van der Waals surface area contributed by atoms with Crippen molar-refractivity contribution in [2.75, 3.05) is 0 Å². The van der Waals surface area contributed by atoms with E-state index in [0.29, 0.717) is 0 Å². The van der Waals surface area contributed by atoms with Crippen LogP contribution in [0, 0.1) is 0 Å². The van der Waals surface area contributed by atoms with Crippen LogP contribution in [0.4, 0.5) is 0 Å². The Labute approximate surface area is 148 Å². The van der Waals surface area contributed by atoms with Crippen LogP contribution >= 0.6 is 11.3 Å². The standard InChI is InChI=1S/C23H13NS/c1-2-6-15-14(5-1)9-10-17-16(15)11-12-19-22-18-7-3-4-8-20(18)25-21(22)13-24-23(17)19/h1-13H. The molecule has 0 N–H and O–H groups in total. The van der Waals surface area contributed by atoms with Crippen molar-refractivity contribution in [1.29, 1.82) is 0 Å². The van der Waals surface area contributed by atoms with Gasteiger partial charge in [0.25, 0.3) is 0 Å². The molecule has 0 aliphatic carbocycles. The molecular weight excluding hydrogens is 322 g/mol. The van der Waals surface area contributed by atoms with Crippen LogP contribution in [0.25, 0.3) is 52.6 Å². The number of nitrogens with zero attached hydrogens (tertiary/aromatic N) is 1. The second kappa shape index (κ2) is 4.78. The fourth-order valence-corrected chi connectivity index (χ4v) is 5.06. The van der Waals surface area contributed by atoms with Crippen LogP contribution in [0.5, 0.6) is 0 Å². The van der Waals surface area contributed by atoms with Gasteiger partial charge in [-0.1, -0.05) is 66.7 Å². The first-order valence-corrected chi connectivity index (χ1v) is 9.22. The third-order valence-corrected chi connectivity index (χ3v) is 6.21. The van der Waals surface area contributed by atoms with E-state index in [9.17, 15) is 0 Å². The summed E-state index contributed by atoms with van der Waals surface area (Å²) in [6, 6.07) is 26.1. The number of hydrogen-bond donors (Lipinski definition) is 0. The largest absolute Gasteiger partial charge is 0.254 e. The molecule has 2 heterocycles. The van der Waals surface area contributed by atoms with Crippen LogP contribution in [-0.2, 0) is 0 Å². The van der Waals surface area contributed by atoms with Crippen LogP contribution in [0.15, 0.2) is 79.0 Å². The first-order chi connectivity index (χ1) is 12.4. The molecule has 2 aromatic heterocycles. The Morgan fingerprint density at radius 2 is 1.32 bits per heavy atom. The predicted molar refractivity (Wildman–Crippen MR) is 110 cm³/mol. The van der Waals surface area contributed by atoms with E-state index in [0.717, 1.165) is 5.52 Å². The number of aromatic nitrogens is 1. The third-order valence-electron chi connectivity index (χ3n) is 5.10. The van der Waals surface area contributed by atoms with Crippen LogP contribution in [0.2, 0.25) is 0 Å². The summed E-state index contributed by atoms with van der Waals surface area (Å²) >= 11 is 1.82. The number of rotatable bonds is 0. The summed E-state index contributed by atoms with van der Waals surface area (Å²) < 4.78 is 2.58. The Bertz CT molecular complexity index is 1440. The van der Waals surface area contributed by atoms with E-state index >= 15 is 0 Å². The van der Waals surface area contributed by atoms with Crippen molar-refractivity contribution in [2.45, 2.75) is 0 Å². The zero-order valence-corrected chi connectivity index (χ0v) is 14.2. The summed E-state index contributed by atoms with van der Waals surface area (Å²) in [5.74, 6) is 0. The second-order valence-electron chi connectivity index (χ2n) is 6.44. The maximum absolute atomic E-state index is 4.85. The maximum atomic E-state index is 4.85. The summed E-state index contributed by atoms with van der Waals surface area (Å²) in [4.78, 5) is 4.85. The smallest absolute Gasteiger partial charge is 0.0787 e. The Hall–Kier alpha value is -2.97. The van der Waals surface area contributed by atoms with Crippen LogP contribution in [-0.4, -0.2) is 4.98 Å². The van der Waals surface area contributed by atoms with Gasteiger partial charge >= 0.3 is 0 Å². The van der Waals surface area contributed by atoms with Crippen molar-refractivity contribution in [3.63, 3.8) is 0 Å². The Morgan fingerprint density at radius 1 is 0.560 bits per heavy atom. The minimum atomic E-state index is 1.10. The number of thiophene rings is 1. The lowest BCUT2D eigenvalue weighted by Gasteiger charge is -2.08. The molecule has 0 bridgehead atoms. The molecule has 0 atom stereocenters. The molecular formula is C23H13NS. The van der Waals surface area contributed by atoms with E-state index in [1.54, 1.807) is 0 Å². The molecule has 6 rings (SSSR count). The Morgan fingerprint density at radius 3 is 2.28 bits per heavy atom. The van der Waals surface area contributed by atoms with Gasteiger partial charge in [0, 0.05) is 32.4 Å². The molecule has 4 aromatic carbocycles. The van der Waals surface area contributed by atoms with E-state index in [2.05, 4.69) is 72.8 Å². The highest BCUT2D eigenvalue weighted by Crippen LogP contribution is 2.39. The lowest BCUT2D eigenvalue weighted by Crippen LogP contribution is -1.84. The van der Waals surface area contributed by atoms with Gasteiger partial charge in [-0.2, -0.15) is 0 Å². The van der Waals surface area contributed by atoms with Crippen molar-refractivity contribution >= 4 is 64.0 Å². The summed E-state index contributed by atoms with van der Waals surface area (Å²) in [5.41, 5.74) is 1.10. The molecule has 0 spiro atoms. The lowest BCUT2D eigenvalue weighted by molar-refractivity contribution is 1.47. The molecule has 6 aromatic rings. The van der Waals surface area contributed by atoms with Crippen LogP contribution in [0.3, 0.4) is 0 Å². The summed E-state index contributed by atoms with van der Waals surface area (Å²) in [6.07, 6.45) is 2.04. The van der Waals surface area contributed by atoms with Gasteiger partial charge in [-0.05, 0) is 22.2 Å². The third kappa shape index (κ3) is 1.75. The molecule has 0 radical (unpaired) electrons. The normalized spacial score (nSPS) is 12.0. The highest BCUT2D eigenvalue weighted by atomic mass is 32.1. The molecule has 0 aliphatic heterocycles. The van der Waals surface area contributed by atoms with Gasteiger partial charge < -0.3 is 0 Å². The molecule has 0 saturated heterocycles. The lowest BCUT2D eigenvalue weighted by atomic mass is 9.98. The summed E-state index contributed by atoms with van der Waals surface area (Å²) in [7, 11) is 0. The second-order valence-corrected chi connectivity index (χ2v) is 7.52. The molecule has 0 saturated carbocycles. The van der Waals surface area contributed by atoms with Crippen molar-refractivity contribution < 1.29 is 0 Å². The molecule has 1 nitrogen and oxygen atoms in total. The average molecular weight is 335 g/mol. The number of pyridine rings is 1. The topological polar surface area (TPSA) is 12.9 Å². The van der Waals surface area contributed by atoms with E-state index in [1.807, 2.05) is 17.5 Å². The van der Waals surface area contributed by atoms with Crippen LogP contribution in [0.1, 0.15) is 0 Å². The zero-order chi connectivity index (χ0) is 16.4. The minimum absolute atomic E-state index is 1.10. The predicted octanol–water partition coefficient (Wildman–Crippen LogP) is 6.91. The SMILES string of the molecule is c1ccc2c(c1)ccc1c2ccc2c1ncc1sc3ccccc3c12. The van der Waals surface area contributed by atoms with Crippen molar-refractivity contribution in [1.82, 2.24) is 4.98 Å². The molecule has 0 unspecified atom stereocenters. The fourth-order valence-electron chi connectivity index (χ4n) is 3.97. The zero-order valence-electron chi connectivity index (χ0n) is 13.4. The summed E-state index contributed by atoms with van der Waals surface area (Å²) in [5, 5.41) is 8.98. The van der Waals surface area contributed by atoms with Gasteiger partial charge in [0.2, 0.25) is 0 Å². The Kier molecular flexibility index (Phi) is 2.55.